The highest BCUT2D eigenvalue weighted by molar-refractivity contribution is 6.45. The van der Waals surface area contributed by atoms with Gasteiger partial charge in [0.25, 0.3) is 11.8 Å². The first-order chi connectivity index (χ1) is 13.1. The van der Waals surface area contributed by atoms with Crippen LogP contribution in [0.4, 0.5) is 10.1 Å². The lowest BCUT2D eigenvalue weighted by atomic mass is 10.0. The molecule has 2 aromatic carbocycles. The minimum atomic E-state index is -0.419. The molecule has 0 spiro atoms. The van der Waals surface area contributed by atoms with Crippen molar-refractivity contribution in [2.45, 2.75) is 12.8 Å². The fourth-order valence-corrected chi connectivity index (χ4v) is 3.66. The number of halogens is 1. The quantitative estimate of drug-likeness (QED) is 0.780. The van der Waals surface area contributed by atoms with Gasteiger partial charge in [0, 0.05) is 13.1 Å². The van der Waals surface area contributed by atoms with E-state index in [1.165, 1.54) is 31.4 Å². The highest BCUT2D eigenvalue weighted by Gasteiger charge is 2.43. The molecule has 2 amide bonds. The van der Waals surface area contributed by atoms with E-state index in [9.17, 15) is 14.0 Å². The molecule has 0 aromatic heterocycles. The van der Waals surface area contributed by atoms with E-state index in [0.29, 0.717) is 28.3 Å². The SMILES string of the molecule is COc1ccccc1N1C(=O)C(c2ccc(F)cc2)=C(N2CCCC2)C1=O. The molecule has 0 unspecified atom stereocenters. The third kappa shape index (κ3) is 2.87. The summed E-state index contributed by atoms with van der Waals surface area (Å²) in [7, 11) is 1.50. The second kappa shape index (κ2) is 6.87. The van der Waals surface area contributed by atoms with Crippen LogP contribution >= 0.6 is 0 Å². The standard InChI is InChI=1S/C21H19FN2O3/c1-27-17-7-3-2-6-16(17)24-20(25)18(14-8-10-15(22)11-9-14)19(21(24)26)23-12-4-5-13-23/h2-3,6-11H,4-5,12-13H2,1H3. The number of hydrogen-bond donors (Lipinski definition) is 0. The summed E-state index contributed by atoms with van der Waals surface area (Å²) < 4.78 is 18.7. The number of para-hydroxylation sites is 2. The molecule has 0 atom stereocenters. The molecule has 138 valence electrons. The Labute approximate surface area is 156 Å². The third-order valence-electron chi connectivity index (χ3n) is 4.94. The van der Waals surface area contributed by atoms with Gasteiger partial charge in [0.2, 0.25) is 0 Å². The number of carbonyl (C=O) groups excluding carboxylic acids is 2. The molecule has 0 radical (unpaired) electrons. The van der Waals surface area contributed by atoms with E-state index < -0.39 is 5.91 Å². The Kier molecular flexibility index (Phi) is 4.39. The molecule has 0 bridgehead atoms. The van der Waals surface area contributed by atoms with E-state index in [-0.39, 0.29) is 11.7 Å². The van der Waals surface area contributed by atoms with Gasteiger partial charge in [-0.2, -0.15) is 0 Å². The second-order valence-electron chi connectivity index (χ2n) is 6.54. The van der Waals surface area contributed by atoms with Crippen molar-refractivity contribution in [2.75, 3.05) is 25.1 Å². The number of rotatable bonds is 4. The smallest absolute Gasteiger partial charge is 0.282 e. The average molecular weight is 366 g/mol. The molecule has 2 aromatic rings. The van der Waals surface area contributed by atoms with E-state index in [0.717, 1.165) is 30.8 Å². The number of benzene rings is 2. The molecule has 0 aliphatic carbocycles. The van der Waals surface area contributed by atoms with Crippen LogP contribution in [0.5, 0.6) is 5.75 Å². The third-order valence-corrected chi connectivity index (χ3v) is 4.94. The largest absolute Gasteiger partial charge is 0.495 e. The van der Waals surface area contributed by atoms with Gasteiger partial charge in [-0.3, -0.25) is 9.59 Å². The van der Waals surface area contributed by atoms with Gasteiger partial charge in [-0.1, -0.05) is 24.3 Å². The number of amides is 2. The first-order valence-electron chi connectivity index (χ1n) is 8.89. The van der Waals surface area contributed by atoms with Crippen LogP contribution in [0.3, 0.4) is 0 Å². The summed E-state index contributed by atoms with van der Waals surface area (Å²) in [6, 6.07) is 12.6. The van der Waals surface area contributed by atoms with Crippen molar-refractivity contribution in [1.29, 1.82) is 0 Å². The van der Waals surface area contributed by atoms with Crippen LogP contribution in [0, 0.1) is 5.82 Å². The Morgan fingerprint density at radius 1 is 0.926 bits per heavy atom. The number of imide groups is 1. The number of methoxy groups -OCH3 is 1. The summed E-state index contributed by atoms with van der Waals surface area (Å²) >= 11 is 0. The molecule has 5 nitrogen and oxygen atoms in total. The van der Waals surface area contributed by atoms with Gasteiger partial charge in [-0.25, -0.2) is 9.29 Å². The van der Waals surface area contributed by atoms with Crippen LogP contribution in [-0.2, 0) is 9.59 Å². The van der Waals surface area contributed by atoms with E-state index in [1.807, 2.05) is 4.90 Å². The summed E-state index contributed by atoms with van der Waals surface area (Å²) in [5.41, 5.74) is 1.64. The monoisotopic (exact) mass is 366 g/mol. The van der Waals surface area contributed by atoms with Crippen molar-refractivity contribution >= 4 is 23.1 Å². The fraction of sp³-hybridized carbons (Fsp3) is 0.238. The van der Waals surface area contributed by atoms with Gasteiger partial charge in [0.15, 0.2) is 0 Å². The van der Waals surface area contributed by atoms with Crippen LogP contribution in [-0.4, -0.2) is 36.9 Å². The average Bonchev–Trinajstić information content (AvgIpc) is 3.29. The molecular formula is C21H19FN2O3. The molecule has 1 fully saturated rings. The maximum atomic E-state index is 13.4. The zero-order valence-electron chi connectivity index (χ0n) is 14.9. The number of hydrogen-bond acceptors (Lipinski definition) is 4. The summed E-state index contributed by atoms with van der Waals surface area (Å²) in [5.74, 6) is -0.732. The summed E-state index contributed by atoms with van der Waals surface area (Å²) in [4.78, 5) is 29.7. The molecule has 27 heavy (non-hydrogen) atoms. The van der Waals surface area contributed by atoms with Crippen molar-refractivity contribution in [3.05, 3.63) is 65.6 Å². The highest BCUT2D eigenvalue weighted by Crippen LogP contribution is 2.39. The summed E-state index contributed by atoms with van der Waals surface area (Å²) in [5, 5.41) is 0. The van der Waals surface area contributed by atoms with Gasteiger partial charge in [-0.15, -0.1) is 0 Å². The Balaban J connectivity index is 1.85. The minimum absolute atomic E-state index is 0.313. The fourth-order valence-electron chi connectivity index (χ4n) is 3.66. The molecule has 0 saturated carbocycles. The Morgan fingerprint density at radius 2 is 1.59 bits per heavy atom. The predicted octanol–water partition coefficient (Wildman–Crippen LogP) is 3.21. The Hall–Kier alpha value is -3.15. The molecule has 4 rings (SSSR count). The van der Waals surface area contributed by atoms with Crippen molar-refractivity contribution in [1.82, 2.24) is 4.90 Å². The zero-order valence-corrected chi connectivity index (χ0v) is 14.9. The van der Waals surface area contributed by atoms with E-state index >= 15 is 0 Å². The van der Waals surface area contributed by atoms with Crippen molar-refractivity contribution < 1.29 is 18.7 Å². The Bertz CT molecular complexity index is 931. The van der Waals surface area contributed by atoms with Gasteiger partial charge in [-0.05, 0) is 42.7 Å². The Morgan fingerprint density at radius 3 is 2.26 bits per heavy atom. The second-order valence-corrected chi connectivity index (χ2v) is 6.54. The number of likely N-dealkylation sites (tertiary alicyclic amines) is 1. The lowest BCUT2D eigenvalue weighted by Crippen LogP contribution is -2.34. The zero-order chi connectivity index (χ0) is 19.0. The summed E-state index contributed by atoms with van der Waals surface area (Å²) in [6.07, 6.45) is 1.94. The number of anilines is 1. The van der Waals surface area contributed by atoms with Crippen molar-refractivity contribution in [2.24, 2.45) is 0 Å². The van der Waals surface area contributed by atoms with Gasteiger partial charge in [0.1, 0.15) is 17.3 Å². The van der Waals surface area contributed by atoms with Gasteiger partial charge < -0.3 is 9.64 Å². The van der Waals surface area contributed by atoms with Gasteiger partial charge in [0.05, 0.1) is 18.4 Å². The van der Waals surface area contributed by atoms with Crippen LogP contribution in [0.2, 0.25) is 0 Å². The minimum Gasteiger partial charge on any atom is -0.495 e. The molecule has 1 saturated heterocycles. The van der Waals surface area contributed by atoms with E-state index in [2.05, 4.69) is 0 Å². The van der Waals surface area contributed by atoms with Crippen LogP contribution in [0.1, 0.15) is 18.4 Å². The lowest BCUT2D eigenvalue weighted by Gasteiger charge is -2.21. The maximum Gasteiger partial charge on any atom is 0.282 e. The number of ether oxygens (including phenoxy) is 1. The van der Waals surface area contributed by atoms with Crippen molar-refractivity contribution in [3.63, 3.8) is 0 Å². The van der Waals surface area contributed by atoms with Crippen LogP contribution in [0.25, 0.3) is 5.57 Å². The van der Waals surface area contributed by atoms with Gasteiger partial charge >= 0.3 is 0 Å². The molecule has 6 heteroatoms. The number of nitrogens with zero attached hydrogens (tertiary/aromatic N) is 2. The van der Waals surface area contributed by atoms with E-state index in [1.54, 1.807) is 24.3 Å². The van der Waals surface area contributed by atoms with Crippen LogP contribution in [0.15, 0.2) is 54.2 Å². The first-order valence-corrected chi connectivity index (χ1v) is 8.89. The normalized spacial score (nSPS) is 17.3. The van der Waals surface area contributed by atoms with Crippen LogP contribution < -0.4 is 9.64 Å². The maximum absolute atomic E-state index is 13.4. The van der Waals surface area contributed by atoms with Crippen molar-refractivity contribution in [3.8, 4) is 5.75 Å². The lowest BCUT2D eigenvalue weighted by molar-refractivity contribution is -0.120. The molecule has 2 aliphatic rings. The number of carbonyl (C=O) groups is 2. The molecule has 2 heterocycles. The predicted molar refractivity (Wildman–Crippen MR) is 99.6 cm³/mol. The molecule has 0 N–H and O–H groups in total. The topological polar surface area (TPSA) is 49.9 Å². The molecule has 2 aliphatic heterocycles. The van der Waals surface area contributed by atoms with E-state index in [4.69, 9.17) is 4.74 Å². The summed E-state index contributed by atoms with van der Waals surface area (Å²) in [6.45, 7) is 1.44. The highest BCUT2D eigenvalue weighted by atomic mass is 19.1. The molecular weight excluding hydrogens is 347 g/mol. The first kappa shape index (κ1) is 17.3.